The van der Waals surface area contributed by atoms with Crippen LogP contribution < -0.4 is 15.5 Å². The second-order valence-corrected chi connectivity index (χ2v) is 6.45. The monoisotopic (exact) mass is 352 g/mol. The van der Waals surface area contributed by atoms with Crippen molar-refractivity contribution < 1.29 is 9.59 Å². The number of nitrogens with zero attached hydrogens (tertiary/aromatic N) is 2. The van der Waals surface area contributed by atoms with Gasteiger partial charge in [-0.3, -0.25) is 15.0 Å². The number of halogens is 1. The summed E-state index contributed by atoms with van der Waals surface area (Å²) in [7, 11) is 0. The van der Waals surface area contributed by atoms with Gasteiger partial charge in [0, 0.05) is 32.2 Å². The van der Waals surface area contributed by atoms with Gasteiger partial charge in [-0.1, -0.05) is 30.7 Å². The summed E-state index contributed by atoms with van der Waals surface area (Å²) >= 11 is 6.23. The Bertz CT molecular complexity index is 573. The summed E-state index contributed by atoms with van der Waals surface area (Å²) in [6.07, 6.45) is 0.825. The van der Waals surface area contributed by atoms with Crippen molar-refractivity contribution in [2.24, 2.45) is 0 Å². The van der Waals surface area contributed by atoms with E-state index in [1.165, 1.54) is 0 Å². The van der Waals surface area contributed by atoms with Crippen molar-refractivity contribution >= 4 is 29.2 Å². The highest BCUT2D eigenvalue weighted by Crippen LogP contribution is 2.25. The van der Waals surface area contributed by atoms with Gasteiger partial charge in [-0.15, -0.1) is 0 Å². The predicted molar refractivity (Wildman–Crippen MR) is 96.5 cm³/mol. The second kappa shape index (κ2) is 8.89. The average molecular weight is 353 g/mol. The minimum absolute atomic E-state index is 0.0527. The number of imide groups is 1. The van der Waals surface area contributed by atoms with E-state index >= 15 is 0 Å². The van der Waals surface area contributed by atoms with E-state index in [1.54, 1.807) is 0 Å². The first kappa shape index (κ1) is 18.5. The van der Waals surface area contributed by atoms with Crippen molar-refractivity contribution in [2.75, 3.05) is 37.6 Å². The molecule has 0 aromatic heterocycles. The van der Waals surface area contributed by atoms with Crippen LogP contribution in [0.3, 0.4) is 0 Å². The highest BCUT2D eigenvalue weighted by Gasteiger charge is 2.21. The molecule has 0 unspecified atom stereocenters. The van der Waals surface area contributed by atoms with E-state index in [0.29, 0.717) is 0 Å². The molecule has 1 aliphatic heterocycles. The first-order valence-corrected chi connectivity index (χ1v) is 8.69. The average Bonchev–Trinajstić information content (AvgIpc) is 2.55. The molecule has 1 fully saturated rings. The van der Waals surface area contributed by atoms with Gasteiger partial charge in [-0.2, -0.15) is 0 Å². The number of hydrogen-bond donors (Lipinski definition) is 2. The SMILES string of the molecule is CC[C@H](C)NC(=O)NC(=O)CN1CCN(c2ccccc2Cl)CC1. The summed E-state index contributed by atoms with van der Waals surface area (Å²) in [4.78, 5) is 27.9. The van der Waals surface area contributed by atoms with E-state index in [1.807, 2.05) is 43.0 Å². The van der Waals surface area contributed by atoms with Gasteiger partial charge in [0.05, 0.1) is 17.3 Å². The van der Waals surface area contributed by atoms with E-state index in [2.05, 4.69) is 15.5 Å². The van der Waals surface area contributed by atoms with Crippen LogP contribution in [0.2, 0.25) is 5.02 Å². The standard InChI is InChI=1S/C17H25ClN4O2/c1-3-13(2)19-17(24)20-16(23)12-21-8-10-22(11-9-21)15-7-5-4-6-14(15)18/h4-7,13H,3,8-12H2,1-2H3,(H2,19,20,23,24)/t13-/m0/s1. The van der Waals surface area contributed by atoms with E-state index < -0.39 is 6.03 Å². The number of piperazine rings is 1. The largest absolute Gasteiger partial charge is 0.368 e. The summed E-state index contributed by atoms with van der Waals surface area (Å²) in [6, 6.07) is 7.39. The van der Waals surface area contributed by atoms with Gasteiger partial charge in [0.15, 0.2) is 0 Å². The molecule has 2 N–H and O–H groups in total. The summed E-state index contributed by atoms with van der Waals surface area (Å²) < 4.78 is 0. The zero-order chi connectivity index (χ0) is 17.5. The molecule has 0 spiro atoms. The number of benzene rings is 1. The third-order valence-corrected chi connectivity index (χ3v) is 4.50. The van der Waals surface area contributed by atoms with Gasteiger partial charge in [-0.05, 0) is 25.5 Å². The van der Waals surface area contributed by atoms with E-state index in [0.717, 1.165) is 43.3 Å². The molecule has 1 heterocycles. The molecule has 0 aliphatic carbocycles. The van der Waals surface area contributed by atoms with Gasteiger partial charge >= 0.3 is 6.03 Å². The normalized spacial score (nSPS) is 16.5. The molecule has 1 aromatic carbocycles. The smallest absolute Gasteiger partial charge is 0.321 e. The fourth-order valence-corrected chi connectivity index (χ4v) is 2.84. The Kier molecular flexibility index (Phi) is 6.87. The van der Waals surface area contributed by atoms with Gasteiger partial charge < -0.3 is 10.2 Å². The van der Waals surface area contributed by atoms with Crippen LogP contribution in [0.25, 0.3) is 0 Å². The number of nitrogens with one attached hydrogen (secondary N) is 2. The van der Waals surface area contributed by atoms with E-state index in [4.69, 9.17) is 11.6 Å². The molecule has 1 aromatic rings. The number of carbonyl (C=O) groups excluding carboxylic acids is 2. The minimum Gasteiger partial charge on any atom is -0.368 e. The molecule has 1 aliphatic rings. The highest BCUT2D eigenvalue weighted by atomic mass is 35.5. The molecule has 1 saturated heterocycles. The van der Waals surface area contributed by atoms with Crippen LogP contribution in [0.1, 0.15) is 20.3 Å². The fourth-order valence-electron chi connectivity index (χ4n) is 2.59. The van der Waals surface area contributed by atoms with Crippen LogP contribution in [0.4, 0.5) is 10.5 Å². The van der Waals surface area contributed by atoms with Gasteiger partial charge in [0.2, 0.25) is 5.91 Å². The third-order valence-electron chi connectivity index (χ3n) is 4.18. The van der Waals surface area contributed by atoms with Crippen molar-refractivity contribution in [1.82, 2.24) is 15.5 Å². The lowest BCUT2D eigenvalue weighted by Crippen LogP contribution is -2.51. The quantitative estimate of drug-likeness (QED) is 0.851. The number of hydrogen-bond acceptors (Lipinski definition) is 4. The van der Waals surface area contributed by atoms with Crippen LogP contribution in [-0.4, -0.2) is 55.6 Å². The Morgan fingerprint density at radius 2 is 1.88 bits per heavy atom. The molecule has 3 amide bonds. The zero-order valence-corrected chi connectivity index (χ0v) is 15.0. The first-order valence-electron chi connectivity index (χ1n) is 8.31. The number of urea groups is 1. The van der Waals surface area contributed by atoms with E-state index in [-0.39, 0.29) is 18.5 Å². The summed E-state index contributed by atoms with van der Waals surface area (Å²) in [5.41, 5.74) is 1.02. The van der Waals surface area contributed by atoms with Crippen molar-refractivity contribution in [3.05, 3.63) is 29.3 Å². The molecule has 2 rings (SSSR count). The Morgan fingerprint density at radius 3 is 2.50 bits per heavy atom. The molecule has 1 atom stereocenters. The highest BCUT2D eigenvalue weighted by molar-refractivity contribution is 6.33. The Balaban J connectivity index is 1.76. The number of amides is 3. The van der Waals surface area contributed by atoms with Crippen LogP contribution in [-0.2, 0) is 4.79 Å². The molecule has 0 radical (unpaired) electrons. The minimum atomic E-state index is -0.427. The lowest BCUT2D eigenvalue weighted by Gasteiger charge is -2.36. The van der Waals surface area contributed by atoms with Gasteiger partial charge in [0.25, 0.3) is 0 Å². The molecular formula is C17H25ClN4O2. The predicted octanol–water partition coefficient (Wildman–Crippen LogP) is 2.09. The number of rotatable bonds is 5. The van der Waals surface area contributed by atoms with Crippen molar-refractivity contribution in [3.63, 3.8) is 0 Å². The molecule has 0 bridgehead atoms. The molecule has 0 saturated carbocycles. The topological polar surface area (TPSA) is 64.7 Å². The third kappa shape index (κ3) is 5.39. The molecule has 6 nitrogen and oxygen atoms in total. The second-order valence-electron chi connectivity index (χ2n) is 6.05. The molecule has 7 heteroatoms. The maximum Gasteiger partial charge on any atom is 0.321 e. The molecule has 24 heavy (non-hydrogen) atoms. The van der Waals surface area contributed by atoms with Crippen molar-refractivity contribution in [1.29, 1.82) is 0 Å². The molecule has 132 valence electrons. The van der Waals surface area contributed by atoms with Gasteiger partial charge in [0.1, 0.15) is 0 Å². The Hall–Kier alpha value is -1.79. The summed E-state index contributed by atoms with van der Waals surface area (Å²) in [5.74, 6) is -0.276. The van der Waals surface area contributed by atoms with Crippen molar-refractivity contribution in [2.45, 2.75) is 26.3 Å². The summed E-state index contributed by atoms with van der Waals surface area (Å²) in [6.45, 7) is 7.22. The van der Waals surface area contributed by atoms with Crippen molar-refractivity contribution in [3.8, 4) is 0 Å². The van der Waals surface area contributed by atoms with Crippen LogP contribution >= 0.6 is 11.6 Å². The van der Waals surface area contributed by atoms with E-state index in [9.17, 15) is 9.59 Å². The fraction of sp³-hybridized carbons (Fsp3) is 0.529. The number of para-hydroxylation sites is 1. The lowest BCUT2D eigenvalue weighted by molar-refractivity contribution is -0.121. The Morgan fingerprint density at radius 1 is 1.21 bits per heavy atom. The zero-order valence-electron chi connectivity index (χ0n) is 14.2. The van der Waals surface area contributed by atoms with Crippen LogP contribution in [0.15, 0.2) is 24.3 Å². The maximum absolute atomic E-state index is 11.9. The van der Waals surface area contributed by atoms with Gasteiger partial charge in [-0.25, -0.2) is 4.79 Å². The number of carbonyl (C=O) groups is 2. The maximum atomic E-state index is 11.9. The summed E-state index contributed by atoms with van der Waals surface area (Å²) in [5, 5.41) is 5.84. The molecular weight excluding hydrogens is 328 g/mol. The first-order chi connectivity index (χ1) is 11.5. The van der Waals surface area contributed by atoms with Crippen LogP contribution in [0, 0.1) is 0 Å². The lowest BCUT2D eigenvalue weighted by atomic mass is 10.2. The van der Waals surface area contributed by atoms with Crippen LogP contribution in [0.5, 0.6) is 0 Å². The number of anilines is 1. The Labute approximate surface area is 148 Å².